The van der Waals surface area contributed by atoms with Crippen molar-refractivity contribution < 1.29 is 22.7 Å². The number of hydrogen-bond donors (Lipinski definition) is 2. The summed E-state index contributed by atoms with van der Waals surface area (Å²) in [7, 11) is -0.938. The lowest BCUT2D eigenvalue weighted by Gasteiger charge is -2.33. The second kappa shape index (κ2) is 10.1. The van der Waals surface area contributed by atoms with Crippen LogP contribution in [0.4, 0.5) is 4.79 Å². The van der Waals surface area contributed by atoms with Crippen LogP contribution in [-0.4, -0.2) is 64.4 Å². The van der Waals surface area contributed by atoms with Crippen molar-refractivity contribution in [3.8, 4) is 0 Å². The van der Waals surface area contributed by atoms with Crippen molar-refractivity contribution in [2.75, 3.05) is 20.8 Å². The van der Waals surface area contributed by atoms with Crippen LogP contribution in [0.5, 0.6) is 0 Å². The third kappa shape index (κ3) is 5.51. The van der Waals surface area contributed by atoms with E-state index in [1.54, 1.807) is 4.90 Å². The molecule has 0 aromatic heterocycles. The second-order valence-electron chi connectivity index (χ2n) is 8.18. The summed E-state index contributed by atoms with van der Waals surface area (Å²) >= 11 is 0. The third-order valence-electron chi connectivity index (χ3n) is 6.30. The zero-order chi connectivity index (χ0) is 21.7. The van der Waals surface area contributed by atoms with E-state index < -0.39 is 28.4 Å². The number of nitrogens with one attached hydrogen (secondary N) is 2. The Labute approximate surface area is 179 Å². The summed E-state index contributed by atoms with van der Waals surface area (Å²) in [5, 5.41) is 0. The maximum Gasteiger partial charge on any atom is 0.410 e. The maximum atomic E-state index is 12.3. The van der Waals surface area contributed by atoms with Gasteiger partial charge in [-0.3, -0.25) is 4.90 Å². The second-order valence-corrected chi connectivity index (χ2v) is 9.83. The lowest BCUT2D eigenvalue weighted by molar-refractivity contribution is -0.00861. The van der Waals surface area contributed by atoms with Crippen molar-refractivity contribution in [3.05, 3.63) is 35.9 Å². The van der Waals surface area contributed by atoms with Crippen LogP contribution in [0, 0.1) is 0 Å². The predicted octanol–water partition coefficient (Wildman–Crippen LogP) is 2.38. The number of benzene rings is 1. The van der Waals surface area contributed by atoms with Crippen LogP contribution >= 0.6 is 0 Å². The van der Waals surface area contributed by atoms with E-state index in [0.717, 1.165) is 25.7 Å². The average Bonchev–Trinajstić information content (AvgIpc) is 3.06. The molecule has 30 heavy (non-hydrogen) atoms. The molecule has 1 saturated carbocycles. The number of likely N-dealkylation sites (tertiary alicyclic amines) is 1. The molecule has 1 aliphatic carbocycles. The molecule has 0 bridgehead atoms. The molecule has 1 heterocycles. The van der Waals surface area contributed by atoms with Crippen LogP contribution in [0.2, 0.25) is 0 Å². The van der Waals surface area contributed by atoms with Crippen LogP contribution in [0.3, 0.4) is 0 Å². The molecule has 0 radical (unpaired) electrons. The van der Waals surface area contributed by atoms with Gasteiger partial charge < -0.3 is 9.47 Å². The SMILES string of the molecule is CNS(=O)(=O)N[C@H]1C[C@@H](C)N(C(=O)OC)[C@H]1CO[C@H]1CC[C@@H](c2ccccc2)CC1. The lowest BCUT2D eigenvalue weighted by atomic mass is 9.83. The Kier molecular flexibility index (Phi) is 7.73. The molecule has 1 aromatic carbocycles. The first-order valence-electron chi connectivity index (χ1n) is 10.6. The molecule has 1 aliphatic heterocycles. The Morgan fingerprint density at radius 1 is 1.17 bits per heavy atom. The molecule has 1 aromatic rings. The number of hydrogen-bond acceptors (Lipinski definition) is 5. The van der Waals surface area contributed by atoms with Gasteiger partial charge in [-0.2, -0.15) is 13.1 Å². The van der Waals surface area contributed by atoms with E-state index in [2.05, 4.69) is 33.7 Å². The number of amides is 1. The number of ether oxygens (including phenoxy) is 2. The molecular weight excluding hydrogens is 406 g/mol. The van der Waals surface area contributed by atoms with Gasteiger partial charge in [0.25, 0.3) is 10.2 Å². The van der Waals surface area contributed by atoms with Gasteiger partial charge in [0.05, 0.1) is 25.9 Å². The van der Waals surface area contributed by atoms with Crippen molar-refractivity contribution in [2.24, 2.45) is 0 Å². The van der Waals surface area contributed by atoms with Crippen molar-refractivity contribution in [2.45, 2.75) is 69.2 Å². The van der Waals surface area contributed by atoms with Crippen LogP contribution in [-0.2, 0) is 19.7 Å². The molecule has 2 fully saturated rings. The third-order valence-corrected chi connectivity index (χ3v) is 7.45. The monoisotopic (exact) mass is 439 g/mol. The molecule has 1 saturated heterocycles. The largest absolute Gasteiger partial charge is 0.453 e. The van der Waals surface area contributed by atoms with Gasteiger partial charge in [-0.05, 0) is 50.5 Å². The molecule has 8 nitrogen and oxygen atoms in total. The van der Waals surface area contributed by atoms with E-state index in [0.29, 0.717) is 12.3 Å². The minimum absolute atomic E-state index is 0.113. The summed E-state index contributed by atoms with van der Waals surface area (Å²) < 4.78 is 40.1. The highest BCUT2D eigenvalue weighted by Gasteiger charge is 2.44. The summed E-state index contributed by atoms with van der Waals surface area (Å²) in [6.45, 7) is 2.17. The van der Waals surface area contributed by atoms with Crippen LogP contribution in [0.15, 0.2) is 30.3 Å². The highest BCUT2D eigenvalue weighted by Crippen LogP contribution is 2.34. The summed E-state index contributed by atoms with van der Waals surface area (Å²) in [4.78, 5) is 13.9. The molecule has 3 rings (SSSR count). The van der Waals surface area contributed by atoms with Gasteiger partial charge in [-0.25, -0.2) is 9.52 Å². The average molecular weight is 440 g/mol. The number of methoxy groups -OCH3 is 1. The summed E-state index contributed by atoms with van der Waals surface area (Å²) in [6, 6.07) is 9.55. The van der Waals surface area contributed by atoms with Gasteiger partial charge in [0.15, 0.2) is 0 Å². The fraction of sp³-hybridized carbons (Fsp3) is 0.667. The Bertz CT molecular complexity index is 796. The molecule has 0 spiro atoms. The first kappa shape index (κ1) is 23.0. The highest BCUT2D eigenvalue weighted by atomic mass is 32.2. The normalized spacial score (nSPS) is 29.7. The van der Waals surface area contributed by atoms with Gasteiger partial charge in [-0.1, -0.05) is 30.3 Å². The van der Waals surface area contributed by atoms with Gasteiger partial charge in [0.2, 0.25) is 0 Å². The lowest BCUT2D eigenvalue weighted by Crippen LogP contribution is -2.52. The van der Waals surface area contributed by atoms with Gasteiger partial charge in [0.1, 0.15) is 0 Å². The van der Waals surface area contributed by atoms with E-state index in [1.165, 1.54) is 19.7 Å². The van der Waals surface area contributed by atoms with Crippen molar-refractivity contribution in [1.82, 2.24) is 14.3 Å². The molecular formula is C21H33N3O5S. The minimum atomic E-state index is -3.63. The van der Waals surface area contributed by atoms with Crippen LogP contribution in [0.25, 0.3) is 0 Å². The molecule has 2 aliphatic rings. The molecule has 3 atom stereocenters. The van der Waals surface area contributed by atoms with Crippen molar-refractivity contribution >= 4 is 16.3 Å². The standard InChI is InChI=1S/C21H33N3O5S/c1-15-13-19(23-30(26,27)22-2)20(24(15)21(25)28-3)14-29-18-11-9-17(10-12-18)16-7-5-4-6-8-16/h4-8,15,17-20,22-23H,9-14H2,1-3H3/t15-,17-,18+,19+,20+/m1/s1. The predicted molar refractivity (Wildman–Crippen MR) is 114 cm³/mol. The van der Waals surface area contributed by atoms with Gasteiger partial charge >= 0.3 is 6.09 Å². The van der Waals surface area contributed by atoms with E-state index >= 15 is 0 Å². The Morgan fingerprint density at radius 3 is 2.43 bits per heavy atom. The van der Waals surface area contributed by atoms with Gasteiger partial charge in [-0.15, -0.1) is 0 Å². The minimum Gasteiger partial charge on any atom is -0.453 e. The van der Waals surface area contributed by atoms with E-state index in [9.17, 15) is 13.2 Å². The Hall–Kier alpha value is -1.68. The molecule has 9 heteroatoms. The zero-order valence-corrected chi connectivity index (χ0v) is 18.7. The smallest absolute Gasteiger partial charge is 0.410 e. The summed E-state index contributed by atoms with van der Waals surface area (Å²) in [5.41, 5.74) is 1.37. The molecule has 2 N–H and O–H groups in total. The highest BCUT2D eigenvalue weighted by molar-refractivity contribution is 7.87. The summed E-state index contributed by atoms with van der Waals surface area (Å²) in [6.07, 6.45) is 4.18. The zero-order valence-electron chi connectivity index (χ0n) is 17.9. The van der Waals surface area contributed by atoms with Crippen molar-refractivity contribution in [1.29, 1.82) is 0 Å². The number of carbonyl (C=O) groups excluding carboxylic acids is 1. The van der Waals surface area contributed by atoms with Gasteiger partial charge in [0, 0.05) is 19.1 Å². The number of rotatable bonds is 7. The fourth-order valence-electron chi connectivity index (χ4n) is 4.68. The first-order chi connectivity index (χ1) is 14.3. The van der Waals surface area contributed by atoms with Crippen LogP contribution in [0.1, 0.15) is 50.5 Å². The topological polar surface area (TPSA) is 97.0 Å². The van der Waals surface area contributed by atoms with Crippen LogP contribution < -0.4 is 9.44 Å². The van der Waals surface area contributed by atoms with E-state index in [4.69, 9.17) is 9.47 Å². The fourth-order valence-corrected chi connectivity index (χ4v) is 5.45. The van der Waals surface area contributed by atoms with E-state index in [1.807, 2.05) is 13.0 Å². The molecule has 168 valence electrons. The quantitative estimate of drug-likeness (QED) is 0.680. The Balaban J connectivity index is 1.61. The number of carbonyl (C=O) groups is 1. The first-order valence-corrected chi connectivity index (χ1v) is 12.1. The van der Waals surface area contributed by atoms with E-state index in [-0.39, 0.29) is 18.8 Å². The van der Waals surface area contributed by atoms with Crippen molar-refractivity contribution in [3.63, 3.8) is 0 Å². The molecule has 0 unspecified atom stereocenters. The Morgan fingerprint density at radius 2 is 1.83 bits per heavy atom. The molecule has 1 amide bonds. The number of nitrogens with zero attached hydrogens (tertiary/aromatic N) is 1. The maximum absolute atomic E-state index is 12.3. The summed E-state index contributed by atoms with van der Waals surface area (Å²) in [5.74, 6) is 0.555.